The molecule has 3 aliphatic rings. The van der Waals surface area contributed by atoms with Crippen molar-refractivity contribution in [2.75, 3.05) is 5.32 Å². The van der Waals surface area contributed by atoms with Gasteiger partial charge in [-0.05, 0) is 49.3 Å². The van der Waals surface area contributed by atoms with Crippen LogP contribution in [0.1, 0.15) is 107 Å². The summed E-state index contributed by atoms with van der Waals surface area (Å²) in [6.07, 6.45) is 16.9. The monoisotopic (exact) mass is 535 g/mol. The maximum absolute atomic E-state index is 13.9. The Labute approximate surface area is 259 Å². The van der Waals surface area contributed by atoms with Crippen molar-refractivity contribution in [2.24, 2.45) is 11.0 Å². The van der Waals surface area contributed by atoms with Crippen molar-refractivity contribution < 1.29 is 39.5 Å². The molecule has 7 heteroatoms. The van der Waals surface area contributed by atoms with Crippen molar-refractivity contribution in [1.82, 2.24) is 5.01 Å². The molecule has 0 unspecified atom stereocenters. The van der Waals surface area contributed by atoms with Gasteiger partial charge in [0.1, 0.15) is 0 Å². The number of aliphatic hydroxyl groups excluding tert-OH is 1. The van der Waals surface area contributed by atoms with E-state index in [1.807, 2.05) is 17.1 Å². The Hall–Kier alpha value is -1.60. The van der Waals surface area contributed by atoms with Gasteiger partial charge in [-0.3, -0.25) is 0 Å². The van der Waals surface area contributed by atoms with Crippen molar-refractivity contribution in [1.29, 1.82) is 0 Å². The summed E-state index contributed by atoms with van der Waals surface area (Å²) in [6, 6.07) is 12.5. The van der Waals surface area contributed by atoms with Crippen molar-refractivity contribution >= 4 is 25.8 Å². The van der Waals surface area contributed by atoms with Crippen molar-refractivity contribution in [3.05, 3.63) is 53.1 Å². The molecule has 202 valence electrons. The Morgan fingerprint density at radius 3 is 2.03 bits per heavy atom. The zero-order valence-electron chi connectivity index (χ0n) is 24.1. The van der Waals surface area contributed by atoms with Crippen LogP contribution < -0.4 is 34.9 Å². The molecule has 0 spiro atoms. The van der Waals surface area contributed by atoms with E-state index in [4.69, 9.17) is 5.10 Å². The van der Waals surface area contributed by atoms with Crippen LogP contribution in [0.5, 0.6) is 0 Å². The number of carbonyl (C=O) groups excluding carboxylic acids is 1. The maximum atomic E-state index is 13.9. The van der Waals surface area contributed by atoms with E-state index in [0.717, 1.165) is 77.7 Å². The summed E-state index contributed by atoms with van der Waals surface area (Å²) in [5.74, 6) is 0.384. The number of benzene rings is 2. The fraction of sp³-hybridized carbons (Fsp3) is 0.562. The molecule has 2 amide bonds. The number of hydrazone groups is 1. The second-order valence-electron chi connectivity index (χ2n) is 11.3. The first-order valence-electron chi connectivity index (χ1n) is 14.7. The molecule has 2 aromatic carbocycles. The van der Waals surface area contributed by atoms with Crippen LogP contribution in [-0.2, 0) is 6.61 Å². The third kappa shape index (κ3) is 7.58. The fourth-order valence-electron chi connectivity index (χ4n) is 6.54. The van der Waals surface area contributed by atoms with Crippen LogP contribution in [0.25, 0.3) is 11.1 Å². The summed E-state index contributed by atoms with van der Waals surface area (Å²) in [5.41, 5.74) is 7.21. The Morgan fingerprint density at radius 2 is 1.41 bits per heavy atom. The SMILES string of the molecule is Cc1ccc2c(c1-c1ccc(CO)cc1)NC(=O)N(C1CCCCCCCCC1)N=C2C1CCCCC1.[B-].[Na+]. The summed E-state index contributed by atoms with van der Waals surface area (Å²) in [6.45, 7) is 2.14. The first-order chi connectivity index (χ1) is 18.2. The molecule has 0 aromatic heterocycles. The van der Waals surface area contributed by atoms with Crippen LogP contribution in [0.15, 0.2) is 41.5 Å². The number of carbonyl (C=O) groups is 1. The van der Waals surface area contributed by atoms with Crippen LogP contribution in [0.4, 0.5) is 10.5 Å². The first-order valence-corrected chi connectivity index (χ1v) is 14.7. The van der Waals surface area contributed by atoms with E-state index in [1.165, 1.54) is 51.4 Å². The standard InChI is InChI=1S/C32H43N3O2.B.Na/c1-23-16-21-28-30(26-12-8-7-9-13-26)34-35(27-14-10-5-3-2-4-6-11-15-27)32(37)33-31(28)29(23)25-19-17-24(22-36)18-20-25;;/h16-21,26-27,36H,2-15,22H2,1H3,(H,33,37);;/q;-1;+1. The normalized spacial score (nSPS) is 19.5. The molecule has 5 nitrogen and oxygen atoms in total. The number of nitrogens with one attached hydrogen (secondary N) is 1. The molecule has 2 saturated carbocycles. The molecular formula is C32H43BN3NaO2. The van der Waals surface area contributed by atoms with E-state index in [1.54, 1.807) is 0 Å². The summed E-state index contributed by atoms with van der Waals surface area (Å²) >= 11 is 0. The fourth-order valence-corrected chi connectivity index (χ4v) is 6.54. The minimum absolute atomic E-state index is 0. The molecule has 0 atom stereocenters. The van der Waals surface area contributed by atoms with Gasteiger partial charge in [-0.25, -0.2) is 9.80 Å². The van der Waals surface area contributed by atoms with Gasteiger partial charge in [0.25, 0.3) is 0 Å². The molecule has 2 N–H and O–H groups in total. The smallest absolute Gasteiger partial charge is 1.00 e. The number of aryl methyl sites for hydroxylation is 1. The zero-order valence-corrected chi connectivity index (χ0v) is 26.1. The maximum Gasteiger partial charge on any atom is 1.00 e. The molecular weight excluding hydrogens is 492 g/mol. The average Bonchev–Trinajstić information content (AvgIpc) is 3.08. The quantitative estimate of drug-likeness (QED) is 0.553. The summed E-state index contributed by atoms with van der Waals surface area (Å²) in [7, 11) is 0. The molecule has 5 rings (SSSR count). The number of hydrogen-bond acceptors (Lipinski definition) is 3. The largest absolute Gasteiger partial charge is 1.00 e. The number of hydrogen-bond donors (Lipinski definition) is 2. The summed E-state index contributed by atoms with van der Waals surface area (Å²) in [5, 5.41) is 20.0. The second-order valence-corrected chi connectivity index (χ2v) is 11.3. The topological polar surface area (TPSA) is 64.9 Å². The molecule has 2 aliphatic carbocycles. The van der Waals surface area contributed by atoms with Crippen molar-refractivity contribution in [3.63, 3.8) is 0 Å². The van der Waals surface area contributed by atoms with Crippen molar-refractivity contribution in [2.45, 2.75) is 109 Å². The number of amides is 2. The predicted molar refractivity (Wildman–Crippen MR) is 158 cm³/mol. The van der Waals surface area contributed by atoms with Crippen LogP contribution in [-0.4, -0.2) is 36.3 Å². The van der Waals surface area contributed by atoms with Crippen LogP contribution >= 0.6 is 0 Å². The molecule has 0 bridgehead atoms. The number of nitrogens with zero attached hydrogens (tertiary/aromatic N) is 2. The Kier molecular flexibility index (Phi) is 12.6. The van der Waals surface area contributed by atoms with Gasteiger partial charge in [0.15, 0.2) is 0 Å². The van der Waals surface area contributed by atoms with Gasteiger partial charge in [0.05, 0.1) is 24.0 Å². The molecule has 0 saturated heterocycles. The number of aliphatic hydroxyl groups is 1. The minimum atomic E-state index is -0.0899. The van der Waals surface area contributed by atoms with Crippen molar-refractivity contribution in [3.8, 4) is 11.1 Å². The Morgan fingerprint density at radius 1 is 0.846 bits per heavy atom. The van der Waals surface area contributed by atoms with Crippen LogP contribution in [0.2, 0.25) is 0 Å². The number of urea groups is 1. The molecule has 2 fully saturated rings. The second kappa shape index (κ2) is 15.4. The predicted octanol–water partition coefficient (Wildman–Crippen LogP) is 4.80. The van der Waals surface area contributed by atoms with Gasteiger partial charge in [-0.2, -0.15) is 5.10 Å². The molecule has 39 heavy (non-hydrogen) atoms. The van der Waals surface area contributed by atoms with E-state index in [2.05, 4.69) is 36.5 Å². The number of rotatable bonds is 4. The third-order valence-electron chi connectivity index (χ3n) is 8.68. The van der Waals surface area contributed by atoms with E-state index >= 15 is 0 Å². The first kappa shape index (κ1) is 31.9. The Balaban J connectivity index is 0.00000210. The van der Waals surface area contributed by atoms with Gasteiger partial charge in [-0.15, -0.1) is 0 Å². The zero-order chi connectivity index (χ0) is 25.6. The number of anilines is 1. The van der Waals surface area contributed by atoms with Gasteiger partial charge >= 0.3 is 35.6 Å². The summed E-state index contributed by atoms with van der Waals surface area (Å²) in [4.78, 5) is 13.9. The molecule has 4 radical (unpaired) electrons. The summed E-state index contributed by atoms with van der Waals surface area (Å²) < 4.78 is 0. The van der Waals surface area contributed by atoms with Gasteiger partial charge in [0, 0.05) is 17.0 Å². The molecule has 1 aliphatic heterocycles. The number of fused-ring (bicyclic) bond motifs is 1. The van der Waals surface area contributed by atoms with Crippen LogP contribution in [0.3, 0.4) is 0 Å². The third-order valence-corrected chi connectivity index (χ3v) is 8.68. The van der Waals surface area contributed by atoms with Crippen LogP contribution in [0, 0.1) is 12.8 Å². The van der Waals surface area contributed by atoms with E-state index in [0.29, 0.717) is 5.92 Å². The van der Waals surface area contributed by atoms with E-state index in [9.17, 15) is 9.90 Å². The van der Waals surface area contributed by atoms with Gasteiger partial charge in [-0.1, -0.05) is 101 Å². The molecule has 2 aromatic rings. The minimum Gasteiger partial charge on any atom is -1.00 e. The van der Waals surface area contributed by atoms with E-state index in [-0.39, 0.29) is 56.7 Å². The average molecular weight is 536 g/mol. The van der Waals surface area contributed by atoms with Gasteiger partial charge < -0.3 is 18.8 Å². The van der Waals surface area contributed by atoms with E-state index < -0.39 is 0 Å². The van der Waals surface area contributed by atoms with Gasteiger partial charge in [0.2, 0.25) is 0 Å². The Bertz CT molecular complexity index is 1110. The molecule has 1 heterocycles.